The number of nitrogens with one attached hydrogen (secondary N) is 1. The molecular formula is C19H17N3OS. The van der Waals surface area contributed by atoms with Crippen molar-refractivity contribution < 1.29 is 4.79 Å². The average molecular weight is 335 g/mol. The van der Waals surface area contributed by atoms with Gasteiger partial charge < -0.3 is 11.1 Å². The summed E-state index contributed by atoms with van der Waals surface area (Å²) in [7, 11) is 0. The van der Waals surface area contributed by atoms with Crippen LogP contribution in [0.4, 0.5) is 5.69 Å². The Bertz CT molecular complexity index is 841. The van der Waals surface area contributed by atoms with Gasteiger partial charge in [0.05, 0.1) is 17.8 Å². The Hall–Kier alpha value is -2.79. The molecule has 1 amide bonds. The number of nitrogens with zero attached hydrogens (tertiary/aromatic N) is 1. The summed E-state index contributed by atoms with van der Waals surface area (Å²) in [5, 5.41) is 3.13. The van der Waals surface area contributed by atoms with Gasteiger partial charge in [0, 0.05) is 12.1 Å². The van der Waals surface area contributed by atoms with Crippen LogP contribution in [-0.2, 0) is 11.2 Å². The molecule has 0 heterocycles. The third-order valence-electron chi connectivity index (χ3n) is 3.76. The van der Waals surface area contributed by atoms with E-state index >= 15 is 0 Å². The molecule has 0 aliphatic heterocycles. The molecule has 24 heavy (non-hydrogen) atoms. The number of anilines is 1. The SMILES string of the molecule is NC(=O)C1=Cc2ccccc2CC1=NCC(=S)Nc1ccccc1. The number of fused-ring (bicyclic) bond motifs is 1. The van der Waals surface area contributed by atoms with Crippen molar-refractivity contribution in [3.8, 4) is 0 Å². The molecule has 1 aliphatic carbocycles. The van der Waals surface area contributed by atoms with Crippen molar-refractivity contribution in [3.05, 3.63) is 71.3 Å². The number of carbonyl (C=O) groups excluding carboxylic acids is 1. The fourth-order valence-electron chi connectivity index (χ4n) is 2.59. The fourth-order valence-corrected chi connectivity index (χ4v) is 2.78. The molecule has 0 aromatic heterocycles. The van der Waals surface area contributed by atoms with Crippen LogP contribution in [-0.4, -0.2) is 23.2 Å². The lowest BCUT2D eigenvalue weighted by Crippen LogP contribution is -2.26. The lowest BCUT2D eigenvalue weighted by molar-refractivity contribution is -0.114. The van der Waals surface area contributed by atoms with Gasteiger partial charge in [0.25, 0.3) is 5.91 Å². The van der Waals surface area contributed by atoms with E-state index < -0.39 is 5.91 Å². The second-order valence-corrected chi connectivity index (χ2v) is 5.97. The van der Waals surface area contributed by atoms with E-state index in [0.717, 1.165) is 16.8 Å². The van der Waals surface area contributed by atoms with Gasteiger partial charge in [-0.3, -0.25) is 9.79 Å². The van der Waals surface area contributed by atoms with Crippen LogP contribution in [0.1, 0.15) is 11.1 Å². The van der Waals surface area contributed by atoms with Crippen molar-refractivity contribution in [3.63, 3.8) is 0 Å². The van der Waals surface area contributed by atoms with E-state index in [1.165, 1.54) is 0 Å². The van der Waals surface area contributed by atoms with Gasteiger partial charge in [-0.1, -0.05) is 54.7 Å². The van der Waals surface area contributed by atoms with Gasteiger partial charge in [0.2, 0.25) is 0 Å². The van der Waals surface area contributed by atoms with E-state index in [0.29, 0.717) is 29.2 Å². The second kappa shape index (κ2) is 7.19. The van der Waals surface area contributed by atoms with Crippen molar-refractivity contribution in [1.82, 2.24) is 0 Å². The van der Waals surface area contributed by atoms with E-state index in [2.05, 4.69) is 10.3 Å². The summed E-state index contributed by atoms with van der Waals surface area (Å²) in [6.45, 7) is 0.312. The first kappa shape index (κ1) is 16.1. The van der Waals surface area contributed by atoms with Crippen molar-refractivity contribution >= 4 is 40.6 Å². The number of carbonyl (C=O) groups is 1. The normalized spacial score (nSPS) is 14.7. The summed E-state index contributed by atoms with van der Waals surface area (Å²) in [5.41, 5.74) is 9.70. The summed E-state index contributed by atoms with van der Waals surface area (Å²) in [5.74, 6) is -0.467. The molecule has 1 aliphatic rings. The number of nitrogens with two attached hydrogens (primary N) is 1. The van der Waals surface area contributed by atoms with E-state index in [4.69, 9.17) is 18.0 Å². The van der Waals surface area contributed by atoms with Crippen LogP contribution in [0.3, 0.4) is 0 Å². The first-order chi connectivity index (χ1) is 11.6. The molecular weight excluding hydrogens is 318 g/mol. The maximum atomic E-state index is 11.7. The minimum Gasteiger partial charge on any atom is -0.366 e. The molecule has 0 radical (unpaired) electrons. The topological polar surface area (TPSA) is 67.5 Å². The minimum absolute atomic E-state index is 0.312. The first-order valence-corrected chi connectivity index (χ1v) is 8.02. The second-order valence-electron chi connectivity index (χ2n) is 5.47. The summed E-state index contributed by atoms with van der Waals surface area (Å²) in [4.78, 5) is 16.9. The number of hydrogen-bond acceptors (Lipinski definition) is 3. The van der Waals surface area contributed by atoms with Crippen LogP contribution in [0.5, 0.6) is 0 Å². The zero-order valence-corrected chi connectivity index (χ0v) is 13.8. The zero-order valence-electron chi connectivity index (χ0n) is 13.0. The monoisotopic (exact) mass is 335 g/mol. The van der Waals surface area contributed by atoms with Gasteiger partial charge in [0.15, 0.2) is 0 Å². The molecule has 2 aromatic rings. The smallest absolute Gasteiger partial charge is 0.250 e. The van der Waals surface area contributed by atoms with Crippen LogP contribution in [0, 0.1) is 0 Å². The summed E-state index contributed by atoms with van der Waals surface area (Å²) >= 11 is 5.33. The highest BCUT2D eigenvalue weighted by molar-refractivity contribution is 7.80. The zero-order chi connectivity index (χ0) is 16.9. The molecule has 0 spiro atoms. The Balaban J connectivity index is 1.77. The highest BCUT2D eigenvalue weighted by atomic mass is 32.1. The van der Waals surface area contributed by atoms with Gasteiger partial charge in [0.1, 0.15) is 4.99 Å². The number of primary amides is 1. The van der Waals surface area contributed by atoms with Crippen molar-refractivity contribution in [1.29, 1.82) is 0 Å². The maximum absolute atomic E-state index is 11.7. The van der Waals surface area contributed by atoms with Gasteiger partial charge in [-0.15, -0.1) is 0 Å². The fraction of sp³-hybridized carbons (Fsp3) is 0.105. The van der Waals surface area contributed by atoms with E-state index in [-0.39, 0.29) is 0 Å². The quantitative estimate of drug-likeness (QED) is 0.844. The van der Waals surface area contributed by atoms with Crippen molar-refractivity contribution in [2.24, 2.45) is 10.7 Å². The van der Waals surface area contributed by atoms with Gasteiger partial charge in [-0.05, 0) is 29.3 Å². The van der Waals surface area contributed by atoms with Crippen LogP contribution in [0.2, 0.25) is 0 Å². The number of hydrogen-bond donors (Lipinski definition) is 2. The molecule has 0 saturated carbocycles. The minimum atomic E-state index is -0.467. The molecule has 0 saturated heterocycles. The molecule has 4 nitrogen and oxygen atoms in total. The van der Waals surface area contributed by atoms with Crippen LogP contribution >= 0.6 is 12.2 Å². The number of thiocarbonyl (C=S) groups is 1. The molecule has 0 fully saturated rings. The Labute approximate surface area is 146 Å². The van der Waals surface area contributed by atoms with E-state index in [1.54, 1.807) is 6.08 Å². The molecule has 0 unspecified atom stereocenters. The molecule has 0 atom stereocenters. The third kappa shape index (κ3) is 3.75. The third-order valence-corrected chi connectivity index (χ3v) is 3.99. The lowest BCUT2D eigenvalue weighted by Gasteiger charge is -2.17. The molecule has 5 heteroatoms. The highest BCUT2D eigenvalue weighted by Gasteiger charge is 2.20. The molecule has 3 N–H and O–H groups in total. The summed E-state index contributed by atoms with van der Waals surface area (Å²) in [6, 6.07) is 17.6. The summed E-state index contributed by atoms with van der Waals surface area (Å²) < 4.78 is 0. The number of amides is 1. The predicted octanol–water partition coefficient (Wildman–Crippen LogP) is 2.99. The Morgan fingerprint density at radius 1 is 1.12 bits per heavy atom. The van der Waals surface area contributed by atoms with E-state index in [1.807, 2.05) is 54.6 Å². The van der Waals surface area contributed by atoms with Gasteiger partial charge in [-0.2, -0.15) is 0 Å². The van der Waals surface area contributed by atoms with Crippen LogP contribution < -0.4 is 11.1 Å². The Morgan fingerprint density at radius 3 is 2.58 bits per heavy atom. The van der Waals surface area contributed by atoms with Crippen molar-refractivity contribution in [2.45, 2.75) is 6.42 Å². The number of rotatable bonds is 4. The highest BCUT2D eigenvalue weighted by Crippen LogP contribution is 2.22. The number of benzene rings is 2. The maximum Gasteiger partial charge on any atom is 0.250 e. The van der Waals surface area contributed by atoms with Crippen LogP contribution in [0.15, 0.2) is 65.2 Å². The number of para-hydroxylation sites is 1. The average Bonchev–Trinajstić information content (AvgIpc) is 2.60. The largest absolute Gasteiger partial charge is 0.366 e. The number of aliphatic imine (C=N–C) groups is 1. The van der Waals surface area contributed by atoms with Gasteiger partial charge >= 0.3 is 0 Å². The standard InChI is InChI=1S/C19H17N3OS/c20-19(23)16-10-13-6-4-5-7-14(13)11-17(16)21-12-18(24)22-15-8-2-1-3-9-15/h1-10H,11-12H2,(H2,20,23)(H,22,24). The molecule has 2 aromatic carbocycles. The van der Waals surface area contributed by atoms with E-state index in [9.17, 15) is 4.79 Å². The molecule has 0 bridgehead atoms. The van der Waals surface area contributed by atoms with Gasteiger partial charge in [-0.25, -0.2) is 0 Å². The Morgan fingerprint density at radius 2 is 1.83 bits per heavy atom. The predicted molar refractivity (Wildman–Crippen MR) is 102 cm³/mol. The Kier molecular flexibility index (Phi) is 4.82. The van der Waals surface area contributed by atoms with Crippen LogP contribution in [0.25, 0.3) is 6.08 Å². The molecule has 120 valence electrons. The summed E-state index contributed by atoms with van der Waals surface area (Å²) in [6.07, 6.45) is 2.38. The first-order valence-electron chi connectivity index (χ1n) is 7.61. The molecule has 3 rings (SSSR count). The van der Waals surface area contributed by atoms with Crippen molar-refractivity contribution in [2.75, 3.05) is 11.9 Å². The lowest BCUT2D eigenvalue weighted by atomic mass is 9.90.